The monoisotopic (exact) mass is 336 g/mol. The molecule has 1 heterocycles. The SMILES string of the molecule is COC(=O)c1cccc(COC(=O)c2cc(-c3ccccc3)n[nH]2)c1. The second-order valence-electron chi connectivity index (χ2n) is 5.30. The van der Waals surface area contributed by atoms with Gasteiger partial charge in [0.15, 0.2) is 0 Å². The maximum atomic E-state index is 12.2. The largest absolute Gasteiger partial charge is 0.465 e. The number of ether oxygens (including phenoxy) is 2. The average Bonchev–Trinajstić information content (AvgIpc) is 3.17. The van der Waals surface area contributed by atoms with Gasteiger partial charge >= 0.3 is 11.9 Å². The van der Waals surface area contributed by atoms with Gasteiger partial charge in [-0.25, -0.2) is 9.59 Å². The fraction of sp³-hybridized carbons (Fsp3) is 0.105. The second kappa shape index (κ2) is 7.44. The molecule has 25 heavy (non-hydrogen) atoms. The number of methoxy groups -OCH3 is 1. The first-order valence-corrected chi connectivity index (χ1v) is 7.62. The van der Waals surface area contributed by atoms with Gasteiger partial charge in [0.2, 0.25) is 0 Å². The summed E-state index contributed by atoms with van der Waals surface area (Å²) in [5.74, 6) is -0.951. The molecular formula is C19H16N2O4. The highest BCUT2D eigenvalue weighted by Crippen LogP contribution is 2.17. The number of H-pyrrole nitrogens is 1. The number of aromatic amines is 1. The van der Waals surface area contributed by atoms with Crippen LogP contribution in [-0.4, -0.2) is 29.2 Å². The number of benzene rings is 2. The Bertz CT molecular complexity index is 887. The van der Waals surface area contributed by atoms with E-state index in [1.54, 1.807) is 30.3 Å². The summed E-state index contributed by atoms with van der Waals surface area (Å²) >= 11 is 0. The second-order valence-corrected chi connectivity index (χ2v) is 5.30. The van der Waals surface area contributed by atoms with Crippen LogP contribution in [0.2, 0.25) is 0 Å². The van der Waals surface area contributed by atoms with Crippen molar-refractivity contribution in [3.8, 4) is 11.3 Å². The first kappa shape index (κ1) is 16.4. The summed E-state index contributed by atoms with van der Waals surface area (Å²) in [6.45, 7) is 0.0450. The molecular weight excluding hydrogens is 320 g/mol. The van der Waals surface area contributed by atoms with Crippen LogP contribution in [0.4, 0.5) is 0 Å². The zero-order valence-electron chi connectivity index (χ0n) is 13.6. The van der Waals surface area contributed by atoms with Crippen molar-refractivity contribution in [1.82, 2.24) is 10.2 Å². The van der Waals surface area contributed by atoms with Gasteiger partial charge in [0.25, 0.3) is 0 Å². The molecule has 1 aromatic heterocycles. The maximum Gasteiger partial charge on any atom is 0.356 e. The lowest BCUT2D eigenvalue weighted by atomic mass is 10.1. The molecule has 0 unspecified atom stereocenters. The summed E-state index contributed by atoms with van der Waals surface area (Å²) in [6.07, 6.45) is 0. The van der Waals surface area contributed by atoms with Crippen LogP contribution in [0.25, 0.3) is 11.3 Å². The molecule has 0 radical (unpaired) electrons. The molecule has 1 N–H and O–H groups in total. The molecule has 6 heteroatoms. The molecule has 0 amide bonds. The van der Waals surface area contributed by atoms with Crippen LogP contribution >= 0.6 is 0 Å². The van der Waals surface area contributed by atoms with E-state index < -0.39 is 11.9 Å². The van der Waals surface area contributed by atoms with Crippen molar-refractivity contribution in [2.45, 2.75) is 6.61 Å². The van der Waals surface area contributed by atoms with Crippen LogP contribution in [0, 0.1) is 0 Å². The lowest BCUT2D eigenvalue weighted by molar-refractivity contribution is 0.0465. The first-order chi connectivity index (χ1) is 12.2. The molecule has 0 saturated carbocycles. The smallest absolute Gasteiger partial charge is 0.356 e. The van der Waals surface area contributed by atoms with E-state index in [2.05, 4.69) is 14.9 Å². The Labute approximate surface area is 144 Å². The number of carbonyl (C=O) groups is 2. The molecule has 0 fully saturated rings. The Balaban J connectivity index is 1.65. The van der Waals surface area contributed by atoms with Crippen LogP contribution in [0.1, 0.15) is 26.4 Å². The first-order valence-electron chi connectivity index (χ1n) is 7.62. The van der Waals surface area contributed by atoms with E-state index in [1.165, 1.54) is 7.11 Å². The number of aromatic nitrogens is 2. The van der Waals surface area contributed by atoms with Crippen LogP contribution in [0.15, 0.2) is 60.7 Å². The topological polar surface area (TPSA) is 81.3 Å². The third-order valence-corrected chi connectivity index (χ3v) is 3.59. The predicted molar refractivity (Wildman–Crippen MR) is 90.9 cm³/mol. The van der Waals surface area contributed by atoms with E-state index in [0.29, 0.717) is 16.8 Å². The van der Waals surface area contributed by atoms with Crippen molar-refractivity contribution < 1.29 is 19.1 Å². The summed E-state index contributed by atoms with van der Waals surface area (Å²) in [4.78, 5) is 23.7. The molecule has 0 bridgehead atoms. The molecule has 0 saturated heterocycles. The fourth-order valence-corrected chi connectivity index (χ4v) is 2.32. The molecule has 3 aromatic rings. The van der Waals surface area contributed by atoms with Gasteiger partial charge in [0.05, 0.1) is 18.4 Å². The third-order valence-electron chi connectivity index (χ3n) is 3.59. The standard InChI is InChI=1S/C19H16N2O4/c1-24-18(22)15-9-5-6-13(10-15)12-25-19(23)17-11-16(20-21-17)14-7-3-2-4-8-14/h2-11H,12H2,1H3,(H,20,21). The van der Waals surface area contributed by atoms with Gasteiger partial charge in [-0.1, -0.05) is 42.5 Å². The van der Waals surface area contributed by atoms with Crippen LogP contribution in [0.5, 0.6) is 0 Å². The summed E-state index contributed by atoms with van der Waals surface area (Å²) < 4.78 is 9.94. The summed E-state index contributed by atoms with van der Waals surface area (Å²) in [7, 11) is 1.32. The molecule has 6 nitrogen and oxygen atoms in total. The number of carbonyl (C=O) groups excluding carboxylic acids is 2. The van der Waals surface area contributed by atoms with E-state index >= 15 is 0 Å². The number of nitrogens with zero attached hydrogens (tertiary/aromatic N) is 1. The highest BCUT2D eigenvalue weighted by molar-refractivity contribution is 5.90. The van der Waals surface area contributed by atoms with Crippen molar-refractivity contribution in [3.63, 3.8) is 0 Å². The van der Waals surface area contributed by atoms with Crippen LogP contribution in [-0.2, 0) is 16.1 Å². The van der Waals surface area contributed by atoms with Crippen molar-refractivity contribution in [3.05, 3.63) is 77.5 Å². The zero-order valence-corrected chi connectivity index (χ0v) is 13.6. The molecule has 2 aromatic carbocycles. The molecule has 0 aliphatic rings. The summed E-state index contributed by atoms with van der Waals surface area (Å²) in [5.41, 5.74) is 2.94. The quantitative estimate of drug-likeness (QED) is 0.724. The van der Waals surface area contributed by atoms with Gasteiger partial charge in [0.1, 0.15) is 12.3 Å². The van der Waals surface area contributed by atoms with Crippen molar-refractivity contribution in [1.29, 1.82) is 0 Å². The van der Waals surface area contributed by atoms with Gasteiger partial charge in [-0.3, -0.25) is 5.10 Å². The van der Waals surface area contributed by atoms with E-state index in [-0.39, 0.29) is 12.3 Å². The number of nitrogens with one attached hydrogen (secondary N) is 1. The molecule has 0 atom stereocenters. The van der Waals surface area contributed by atoms with E-state index in [9.17, 15) is 9.59 Å². The Morgan fingerprint density at radius 2 is 1.80 bits per heavy atom. The molecule has 0 spiro atoms. The number of esters is 2. The minimum absolute atomic E-state index is 0.0450. The zero-order chi connectivity index (χ0) is 17.6. The normalized spacial score (nSPS) is 10.3. The van der Waals surface area contributed by atoms with Gasteiger partial charge in [-0.2, -0.15) is 5.10 Å². The molecule has 0 aliphatic carbocycles. The number of rotatable bonds is 5. The van der Waals surface area contributed by atoms with E-state index in [1.807, 2.05) is 30.3 Å². The lowest BCUT2D eigenvalue weighted by Gasteiger charge is -2.05. The van der Waals surface area contributed by atoms with Crippen molar-refractivity contribution in [2.75, 3.05) is 7.11 Å². The number of hydrogen-bond donors (Lipinski definition) is 1. The molecule has 126 valence electrons. The molecule has 0 aliphatic heterocycles. The highest BCUT2D eigenvalue weighted by atomic mass is 16.5. The van der Waals surface area contributed by atoms with Crippen LogP contribution in [0.3, 0.4) is 0 Å². The van der Waals surface area contributed by atoms with Crippen LogP contribution < -0.4 is 0 Å². The van der Waals surface area contributed by atoms with Gasteiger partial charge in [-0.15, -0.1) is 0 Å². The van der Waals surface area contributed by atoms with Gasteiger partial charge in [-0.05, 0) is 23.8 Å². The fourth-order valence-electron chi connectivity index (χ4n) is 2.32. The van der Waals surface area contributed by atoms with E-state index in [0.717, 1.165) is 5.56 Å². The Morgan fingerprint density at radius 1 is 1.00 bits per heavy atom. The Morgan fingerprint density at radius 3 is 2.56 bits per heavy atom. The lowest BCUT2D eigenvalue weighted by Crippen LogP contribution is -2.07. The van der Waals surface area contributed by atoms with Gasteiger partial charge in [0, 0.05) is 5.56 Å². The third kappa shape index (κ3) is 3.92. The summed E-state index contributed by atoms with van der Waals surface area (Å²) in [5, 5.41) is 6.80. The minimum Gasteiger partial charge on any atom is -0.465 e. The van der Waals surface area contributed by atoms with Crippen molar-refractivity contribution >= 4 is 11.9 Å². The van der Waals surface area contributed by atoms with E-state index in [4.69, 9.17) is 4.74 Å². The highest BCUT2D eigenvalue weighted by Gasteiger charge is 2.13. The number of hydrogen-bond acceptors (Lipinski definition) is 5. The Kier molecular flexibility index (Phi) is 4.89. The molecule has 3 rings (SSSR count). The Hall–Kier alpha value is -3.41. The van der Waals surface area contributed by atoms with Crippen molar-refractivity contribution in [2.24, 2.45) is 0 Å². The summed E-state index contributed by atoms with van der Waals surface area (Å²) in [6, 6.07) is 17.9. The predicted octanol–water partition coefficient (Wildman–Crippen LogP) is 3.22. The van der Waals surface area contributed by atoms with Gasteiger partial charge < -0.3 is 9.47 Å². The average molecular weight is 336 g/mol. The maximum absolute atomic E-state index is 12.2. The minimum atomic E-state index is -0.516.